The molecule has 0 atom stereocenters. The minimum absolute atomic E-state index is 0.0493. The van der Waals surface area contributed by atoms with Crippen LogP contribution in [0.25, 0.3) is 0 Å². The van der Waals surface area contributed by atoms with Crippen LogP contribution in [0.4, 0.5) is 0 Å². The number of thioether (sulfide) groups is 1. The monoisotopic (exact) mass is 376 g/mol. The molecule has 0 aliphatic rings. The maximum atomic E-state index is 12.4. The zero-order valence-electron chi connectivity index (χ0n) is 15.3. The Morgan fingerprint density at radius 1 is 1.27 bits per heavy atom. The number of benzene rings is 1. The topological polar surface area (TPSA) is 93.0 Å². The minimum atomic E-state index is -0.158. The van der Waals surface area contributed by atoms with Crippen molar-refractivity contribution in [3.8, 4) is 0 Å². The van der Waals surface area contributed by atoms with Crippen molar-refractivity contribution in [1.29, 1.82) is 0 Å². The van der Waals surface area contributed by atoms with Crippen LogP contribution in [0.3, 0.4) is 0 Å². The molecule has 2 amide bonds. The van der Waals surface area contributed by atoms with Gasteiger partial charge in [-0.25, -0.2) is 4.68 Å². The quantitative estimate of drug-likeness (QED) is 0.661. The summed E-state index contributed by atoms with van der Waals surface area (Å²) in [5.74, 6) is -0.0994. The number of rotatable bonds is 9. The lowest BCUT2D eigenvalue weighted by molar-refractivity contribution is -0.134. The van der Waals surface area contributed by atoms with Crippen LogP contribution in [0.2, 0.25) is 0 Å². The van der Waals surface area contributed by atoms with E-state index in [0.29, 0.717) is 18.2 Å². The number of aromatic nitrogens is 4. The first-order valence-electron chi connectivity index (χ1n) is 8.49. The fourth-order valence-electron chi connectivity index (χ4n) is 2.29. The van der Waals surface area contributed by atoms with E-state index in [4.69, 9.17) is 0 Å². The molecule has 0 fully saturated rings. The van der Waals surface area contributed by atoms with E-state index >= 15 is 0 Å². The van der Waals surface area contributed by atoms with Gasteiger partial charge in [-0.1, -0.05) is 42.1 Å². The summed E-state index contributed by atoms with van der Waals surface area (Å²) in [5.41, 5.74) is 1.08. The lowest BCUT2D eigenvalue weighted by Gasteiger charge is -2.20. The van der Waals surface area contributed by atoms with Gasteiger partial charge in [-0.15, -0.1) is 5.10 Å². The van der Waals surface area contributed by atoms with Crippen molar-refractivity contribution in [2.45, 2.75) is 38.5 Å². The van der Waals surface area contributed by atoms with Gasteiger partial charge >= 0.3 is 0 Å². The highest BCUT2D eigenvalue weighted by molar-refractivity contribution is 7.99. The van der Waals surface area contributed by atoms with Crippen molar-refractivity contribution in [2.24, 2.45) is 0 Å². The molecule has 26 heavy (non-hydrogen) atoms. The third kappa shape index (κ3) is 6.14. The van der Waals surface area contributed by atoms with Gasteiger partial charge in [-0.2, -0.15) is 0 Å². The first kappa shape index (κ1) is 19.9. The molecule has 0 radical (unpaired) electrons. The van der Waals surface area contributed by atoms with Gasteiger partial charge in [0.2, 0.25) is 17.0 Å². The molecule has 0 bridgehead atoms. The molecule has 140 valence electrons. The molecule has 0 aliphatic heterocycles. The van der Waals surface area contributed by atoms with Crippen molar-refractivity contribution in [2.75, 3.05) is 18.8 Å². The first-order valence-corrected chi connectivity index (χ1v) is 9.48. The summed E-state index contributed by atoms with van der Waals surface area (Å²) in [7, 11) is 0. The van der Waals surface area contributed by atoms with Crippen LogP contribution in [0.15, 0.2) is 35.5 Å². The Kier molecular flexibility index (Phi) is 7.58. The molecule has 0 saturated carbocycles. The minimum Gasteiger partial charge on any atom is -0.352 e. The average molecular weight is 376 g/mol. The Balaban J connectivity index is 1.90. The second-order valence-electron chi connectivity index (χ2n) is 6.02. The molecular formula is C17H24N6O2S. The van der Waals surface area contributed by atoms with E-state index in [9.17, 15) is 9.59 Å². The summed E-state index contributed by atoms with van der Waals surface area (Å²) in [6.45, 7) is 6.70. The molecule has 1 aromatic heterocycles. The summed E-state index contributed by atoms with van der Waals surface area (Å²) < 4.78 is 1.66. The van der Waals surface area contributed by atoms with E-state index in [1.54, 1.807) is 4.68 Å². The highest BCUT2D eigenvalue weighted by Gasteiger charge is 2.18. The smallest absolute Gasteiger partial charge is 0.239 e. The molecule has 0 aliphatic carbocycles. The van der Waals surface area contributed by atoms with Crippen LogP contribution in [-0.2, 0) is 16.1 Å². The largest absolute Gasteiger partial charge is 0.352 e. The van der Waals surface area contributed by atoms with Gasteiger partial charge in [0.15, 0.2) is 0 Å². The Hall–Kier alpha value is -2.42. The Labute approximate surface area is 157 Å². The summed E-state index contributed by atoms with van der Waals surface area (Å²) in [6, 6.07) is 9.90. The molecule has 1 N–H and O–H groups in total. The zero-order valence-corrected chi connectivity index (χ0v) is 16.1. The molecule has 0 unspecified atom stereocenters. The van der Waals surface area contributed by atoms with Gasteiger partial charge in [0.05, 0.1) is 18.8 Å². The summed E-state index contributed by atoms with van der Waals surface area (Å²) in [4.78, 5) is 25.8. The normalized spacial score (nSPS) is 10.8. The second kappa shape index (κ2) is 9.91. The van der Waals surface area contributed by atoms with E-state index in [1.165, 1.54) is 16.7 Å². The predicted octanol–water partition coefficient (Wildman–Crippen LogP) is 1.19. The molecule has 0 spiro atoms. The van der Waals surface area contributed by atoms with Crippen molar-refractivity contribution in [3.63, 3.8) is 0 Å². The SMILES string of the molecule is CCN(CC(=O)NC(C)C)C(=O)CSc1nnnn1Cc1ccccc1. The molecule has 1 heterocycles. The number of hydrogen-bond donors (Lipinski definition) is 1. The lowest BCUT2D eigenvalue weighted by Crippen LogP contribution is -2.43. The third-order valence-electron chi connectivity index (χ3n) is 3.52. The second-order valence-corrected chi connectivity index (χ2v) is 6.97. The van der Waals surface area contributed by atoms with E-state index in [2.05, 4.69) is 20.8 Å². The zero-order chi connectivity index (χ0) is 18.9. The number of nitrogens with zero attached hydrogens (tertiary/aromatic N) is 5. The van der Waals surface area contributed by atoms with E-state index in [1.807, 2.05) is 51.1 Å². The van der Waals surface area contributed by atoms with Crippen molar-refractivity contribution in [1.82, 2.24) is 30.4 Å². The van der Waals surface area contributed by atoms with Gasteiger partial charge in [0.1, 0.15) is 0 Å². The van der Waals surface area contributed by atoms with Crippen molar-refractivity contribution in [3.05, 3.63) is 35.9 Å². The summed E-state index contributed by atoms with van der Waals surface area (Å²) in [6.07, 6.45) is 0. The maximum Gasteiger partial charge on any atom is 0.239 e. The van der Waals surface area contributed by atoms with Crippen LogP contribution in [-0.4, -0.2) is 61.8 Å². The van der Waals surface area contributed by atoms with Gasteiger partial charge in [0, 0.05) is 12.6 Å². The van der Waals surface area contributed by atoms with Crippen LogP contribution in [0, 0.1) is 0 Å². The number of amides is 2. The number of carbonyl (C=O) groups excluding carboxylic acids is 2. The Morgan fingerprint density at radius 3 is 2.65 bits per heavy atom. The number of tetrazole rings is 1. The standard InChI is InChI=1S/C17H24N6O2S/c1-4-22(11-15(24)18-13(2)3)16(25)12-26-17-19-20-21-23(17)10-14-8-6-5-7-9-14/h5-9,13H,4,10-12H2,1-3H3,(H,18,24). The van der Waals surface area contributed by atoms with Gasteiger partial charge in [-0.3, -0.25) is 9.59 Å². The third-order valence-corrected chi connectivity index (χ3v) is 4.46. The molecule has 8 nitrogen and oxygen atoms in total. The van der Waals surface area contributed by atoms with Crippen LogP contribution in [0.5, 0.6) is 0 Å². The van der Waals surface area contributed by atoms with Crippen LogP contribution >= 0.6 is 11.8 Å². The first-order chi connectivity index (χ1) is 12.5. The molecule has 0 saturated heterocycles. The molecule has 1 aromatic carbocycles. The van der Waals surface area contributed by atoms with Gasteiger partial charge in [0.25, 0.3) is 0 Å². The van der Waals surface area contributed by atoms with Crippen LogP contribution < -0.4 is 5.32 Å². The highest BCUT2D eigenvalue weighted by atomic mass is 32.2. The predicted molar refractivity (Wildman–Crippen MR) is 99.6 cm³/mol. The fourth-order valence-corrected chi connectivity index (χ4v) is 3.07. The summed E-state index contributed by atoms with van der Waals surface area (Å²) >= 11 is 1.27. The molecule has 2 aromatic rings. The van der Waals surface area contributed by atoms with Crippen molar-refractivity contribution >= 4 is 23.6 Å². The van der Waals surface area contributed by atoms with E-state index in [-0.39, 0.29) is 30.2 Å². The Bertz CT molecular complexity index is 719. The van der Waals surface area contributed by atoms with Gasteiger partial charge < -0.3 is 10.2 Å². The fraction of sp³-hybridized carbons (Fsp3) is 0.471. The Morgan fingerprint density at radius 2 is 2.00 bits per heavy atom. The maximum absolute atomic E-state index is 12.4. The molecule has 2 rings (SSSR count). The average Bonchev–Trinajstić information content (AvgIpc) is 3.05. The number of hydrogen-bond acceptors (Lipinski definition) is 6. The highest BCUT2D eigenvalue weighted by Crippen LogP contribution is 2.15. The number of nitrogens with one attached hydrogen (secondary N) is 1. The lowest BCUT2D eigenvalue weighted by atomic mass is 10.2. The van der Waals surface area contributed by atoms with Crippen LogP contribution in [0.1, 0.15) is 26.3 Å². The van der Waals surface area contributed by atoms with E-state index < -0.39 is 0 Å². The number of likely N-dealkylation sites (N-methyl/N-ethyl adjacent to an activating group) is 1. The molecule has 9 heteroatoms. The summed E-state index contributed by atoms with van der Waals surface area (Å²) in [5, 5.41) is 15.0. The number of carbonyl (C=O) groups is 2. The molecular weight excluding hydrogens is 352 g/mol. The van der Waals surface area contributed by atoms with Crippen molar-refractivity contribution < 1.29 is 9.59 Å². The van der Waals surface area contributed by atoms with Gasteiger partial charge in [-0.05, 0) is 36.8 Å². The van der Waals surface area contributed by atoms with E-state index in [0.717, 1.165) is 5.56 Å².